The van der Waals surface area contributed by atoms with Gasteiger partial charge < -0.3 is 0 Å². The van der Waals surface area contributed by atoms with Gasteiger partial charge in [0.25, 0.3) is 25.6 Å². The summed E-state index contributed by atoms with van der Waals surface area (Å²) in [6, 6.07) is 0. The number of thiophene rings is 1. The molecule has 2 heterocycles. The fraction of sp³-hybridized carbons (Fsp3) is 0.538. The summed E-state index contributed by atoms with van der Waals surface area (Å²) in [5.74, 6) is 0. The molecule has 0 atom stereocenters. The van der Waals surface area contributed by atoms with Gasteiger partial charge in [-0.3, -0.25) is 4.79 Å². The lowest BCUT2D eigenvalue weighted by molar-refractivity contribution is 0.562. The van der Waals surface area contributed by atoms with Crippen LogP contribution in [-0.2, 0) is 32.9 Å². The molecule has 2 aromatic heterocycles. The van der Waals surface area contributed by atoms with Gasteiger partial charge in [-0.05, 0) is 37.5 Å². The van der Waals surface area contributed by atoms with Gasteiger partial charge in [0, 0.05) is 4.88 Å². The van der Waals surface area contributed by atoms with E-state index in [-0.39, 0.29) is 8.98 Å². The van der Waals surface area contributed by atoms with Gasteiger partial charge in [0.1, 0.15) is 4.83 Å². The quantitative estimate of drug-likeness (QED) is 0.531. The monoisotopic (exact) mass is 423 g/mol. The van der Waals surface area contributed by atoms with Crippen LogP contribution >= 0.6 is 23.1 Å². The first-order chi connectivity index (χ1) is 11.6. The van der Waals surface area contributed by atoms with Crippen LogP contribution in [0.5, 0.6) is 0 Å². The molecule has 0 saturated heterocycles. The Hall–Kier alpha value is -1.11. The predicted octanol–water partition coefficient (Wildman–Crippen LogP) is 0.916. The number of hydrogen-bond donors (Lipinski definition) is 0. The second-order valence-corrected chi connectivity index (χ2v) is 11.5. The predicted molar refractivity (Wildman–Crippen MR) is 100 cm³/mol. The second kappa shape index (κ2) is 6.25. The van der Waals surface area contributed by atoms with Crippen molar-refractivity contribution in [3.05, 3.63) is 20.8 Å². The summed E-state index contributed by atoms with van der Waals surface area (Å²) in [6.07, 6.45) is 6.64. The van der Waals surface area contributed by atoms with Gasteiger partial charge in [-0.15, -0.1) is 11.3 Å². The van der Waals surface area contributed by atoms with Gasteiger partial charge in [0.05, 0.1) is 17.9 Å². The number of sulfonamides is 2. The maximum absolute atomic E-state index is 13.1. The summed E-state index contributed by atoms with van der Waals surface area (Å²) < 4.78 is 49.3. The van der Waals surface area contributed by atoms with Crippen molar-refractivity contribution in [3.63, 3.8) is 0 Å². The van der Waals surface area contributed by atoms with Crippen LogP contribution in [0.2, 0.25) is 0 Å². The van der Waals surface area contributed by atoms with Crippen molar-refractivity contribution in [2.75, 3.05) is 22.6 Å². The number of thioether (sulfide) groups is 1. The van der Waals surface area contributed by atoms with Gasteiger partial charge in [-0.2, -0.15) is 4.68 Å². The summed E-state index contributed by atoms with van der Waals surface area (Å²) in [6.45, 7) is 0. The molecule has 0 aromatic carbocycles. The lowest BCUT2D eigenvalue weighted by atomic mass is 9.97. The van der Waals surface area contributed by atoms with Gasteiger partial charge in [-0.1, -0.05) is 15.6 Å². The smallest absolute Gasteiger partial charge is 0.267 e. The maximum Gasteiger partial charge on any atom is 0.283 e. The third-order valence-electron chi connectivity index (χ3n) is 3.85. The van der Waals surface area contributed by atoms with Crippen molar-refractivity contribution in [1.82, 2.24) is 9.66 Å². The highest BCUT2D eigenvalue weighted by Crippen LogP contribution is 2.34. The van der Waals surface area contributed by atoms with Crippen LogP contribution in [0, 0.1) is 0 Å². The molecule has 0 amide bonds. The topological polar surface area (TPSA) is 106 Å². The van der Waals surface area contributed by atoms with E-state index in [0.29, 0.717) is 21.3 Å². The normalized spacial score (nSPS) is 15.3. The SMILES string of the molecule is CSc1nc2sc3c(c2c(=O)n1N(S(C)(=O)=O)S(C)(=O)=O)CCCC3. The van der Waals surface area contributed by atoms with E-state index < -0.39 is 25.6 Å². The molecule has 2 aromatic rings. The summed E-state index contributed by atoms with van der Waals surface area (Å²) >= 11 is 2.44. The third-order valence-corrected chi connectivity index (χ3v) is 8.75. The number of rotatable bonds is 4. The van der Waals surface area contributed by atoms with E-state index in [2.05, 4.69) is 4.98 Å². The summed E-state index contributed by atoms with van der Waals surface area (Å²) in [4.78, 5) is 19.1. The second-order valence-electron chi connectivity index (χ2n) is 5.81. The standard InChI is InChI=1S/C13H17N3O5S4/c1-22-13-14-11-10(8-6-4-5-7-9(8)23-11)12(17)15(13)16(24(2,18)19)25(3,20)21/h4-7H2,1-3H3. The first-order valence-corrected chi connectivity index (χ1v) is 13.1. The first-order valence-electron chi connectivity index (χ1n) is 7.37. The Balaban J connectivity index is 2.46. The number of nitrogens with zero attached hydrogens (tertiary/aromatic N) is 3. The third kappa shape index (κ3) is 3.20. The van der Waals surface area contributed by atoms with Crippen molar-refractivity contribution in [2.45, 2.75) is 30.8 Å². The van der Waals surface area contributed by atoms with Crippen LogP contribution in [0.1, 0.15) is 23.3 Å². The number of fused-ring (bicyclic) bond motifs is 3. The number of aromatic nitrogens is 2. The van der Waals surface area contributed by atoms with E-state index in [4.69, 9.17) is 0 Å². The van der Waals surface area contributed by atoms with Crippen LogP contribution in [0.25, 0.3) is 10.2 Å². The van der Waals surface area contributed by atoms with E-state index >= 15 is 0 Å². The molecule has 0 N–H and O–H groups in total. The molecule has 12 heteroatoms. The molecule has 0 unspecified atom stereocenters. The van der Waals surface area contributed by atoms with Crippen LogP contribution in [-0.4, -0.2) is 45.3 Å². The summed E-state index contributed by atoms with van der Waals surface area (Å²) in [5.41, 5.74) is 0.205. The van der Waals surface area contributed by atoms with Gasteiger partial charge >= 0.3 is 0 Å². The highest BCUT2D eigenvalue weighted by Gasteiger charge is 2.33. The van der Waals surface area contributed by atoms with E-state index in [1.54, 1.807) is 6.26 Å². The van der Waals surface area contributed by atoms with E-state index in [1.165, 1.54) is 11.3 Å². The average Bonchev–Trinajstić information content (AvgIpc) is 2.85. The minimum Gasteiger partial charge on any atom is -0.267 e. The molecule has 1 aliphatic carbocycles. The molecule has 0 spiro atoms. The highest BCUT2D eigenvalue weighted by molar-refractivity contribution is 8.09. The fourth-order valence-electron chi connectivity index (χ4n) is 3.00. The maximum atomic E-state index is 13.1. The largest absolute Gasteiger partial charge is 0.283 e. The molecule has 0 saturated carbocycles. The van der Waals surface area contributed by atoms with E-state index in [0.717, 1.165) is 54.0 Å². The zero-order valence-corrected chi connectivity index (χ0v) is 17.1. The molecule has 3 rings (SSSR count). The number of aryl methyl sites for hydroxylation is 2. The highest BCUT2D eigenvalue weighted by atomic mass is 32.3. The lowest BCUT2D eigenvalue weighted by Gasteiger charge is -2.23. The Morgan fingerprint density at radius 2 is 1.72 bits per heavy atom. The average molecular weight is 424 g/mol. The van der Waals surface area contributed by atoms with E-state index in [9.17, 15) is 21.6 Å². The Bertz CT molecular complexity index is 1080. The van der Waals surface area contributed by atoms with Crippen molar-refractivity contribution < 1.29 is 16.8 Å². The first kappa shape index (κ1) is 18.7. The molecule has 1 aliphatic rings. The Kier molecular flexibility index (Phi) is 4.67. The number of hydrogen-bond acceptors (Lipinski definition) is 8. The summed E-state index contributed by atoms with van der Waals surface area (Å²) in [7, 11) is -8.49. The minimum atomic E-state index is -4.25. The molecule has 0 aliphatic heterocycles. The van der Waals surface area contributed by atoms with Crippen LogP contribution < -0.4 is 9.38 Å². The molecule has 0 radical (unpaired) electrons. The fourth-order valence-corrected chi connectivity index (χ4v) is 7.79. The van der Waals surface area contributed by atoms with Gasteiger partial charge in [0.2, 0.25) is 0 Å². The molecule has 0 fully saturated rings. The molecule has 138 valence electrons. The van der Waals surface area contributed by atoms with Gasteiger partial charge in [-0.25, -0.2) is 21.8 Å². The zero-order valence-electron chi connectivity index (χ0n) is 13.8. The van der Waals surface area contributed by atoms with Crippen molar-refractivity contribution in [1.29, 1.82) is 0 Å². The van der Waals surface area contributed by atoms with Crippen molar-refractivity contribution in [3.8, 4) is 0 Å². The zero-order chi connectivity index (χ0) is 18.6. The van der Waals surface area contributed by atoms with E-state index in [1.807, 2.05) is 0 Å². The summed E-state index contributed by atoms with van der Waals surface area (Å²) in [5, 5.41) is 0.349. The Morgan fingerprint density at radius 3 is 2.28 bits per heavy atom. The molecule has 25 heavy (non-hydrogen) atoms. The van der Waals surface area contributed by atoms with Crippen molar-refractivity contribution >= 4 is 53.4 Å². The molecular weight excluding hydrogens is 406 g/mol. The molecular formula is C13H17N3O5S4. The van der Waals surface area contributed by atoms with Crippen LogP contribution in [0.3, 0.4) is 0 Å². The Labute approximate surface area is 153 Å². The minimum absolute atomic E-state index is 0.0203. The van der Waals surface area contributed by atoms with Crippen LogP contribution in [0.15, 0.2) is 9.95 Å². The molecule has 0 bridgehead atoms. The molecule has 8 nitrogen and oxygen atoms in total. The van der Waals surface area contributed by atoms with Crippen molar-refractivity contribution in [2.24, 2.45) is 0 Å². The Morgan fingerprint density at radius 1 is 1.12 bits per heavy atom. The van der Waals surface area contributed by atoms with Crippen LogP contribution in [0.4, 0.5) is 0 Å². The van der Waals surface area contributed by atoms with Gasteiger partial charge in [0.15, 0.2) is 5.16 Å². The lowest BCUT2D eigenvalue weighted by Crippen LogP contribution is -2.50.